The molecule has 16 heavy (non-hydrogen) atoms. The number of alkyl carbamates (subject to hydrolysis) is 1. The van der Waals surface area contributed by atoms with E-state index in [4.69, 9.17) is 9.47 Å². The van der Waals surface area contributed by atoms with Crippen molar-refractivity contribution in [3.63, 3.8) is 0 Å². The molecular weight excluding hydrogens is 237 g/mol. The highest BCUT2D eigenvalue weighted by Crippen LogP contribution is 2.29. The molecule has 0 unspecified atom stereocenters. The highest BCUT2D eigenvalue weighted by Gasteiger charge is 2.27. The number of hydrogen-bond donors (Lipinski definition) is 1. The van der Waals surface area contributed by atoms with Crippen LogP contribution in [0.1, 0.15) is 11.6 Å². The van der Waals surface area contributed by atoms with Gasteiger partial charge in [0.2, 0.25) is 0 Å². The van der Waals surface area contributed by atoms with Gasteiger partial charge in [-0.15, -0.1) is 12.4 Å². The second-order valence-electron chi connectivity index (χ2n) is 3.16. The van der Waals surface area contributed by atoms with Gasteiger partial charge in [0.25, 0.3) is 0 Å². The number of halogens is 2. The number of ether oxygens (including phenoxy) is 2. The van der Waals surface area contributed by atoms with Crippen molar-refractivity contribution < 1.29 is 18.7 Å². The Hall–Kier alpha value is -1.49. The highest BCUT2D eigenvalue weighted by atomic mass is 35.5. The second-order valence-corrected chi connectivity index (χ2v) is 3.16. The fourth-order valence-electron chi connectivity index (χ4n) is 1.57. The third-order valence-corrected chi connectivity index (χ3v) is 2.25. The van der Waals surface area contributed by atoms with Gasteiger partial charge >= 0.3 is 6.09 Å². The summed E-state index contributed by atoms with van der Waals surface area (Å²) in [6.07, 6.45) is -0.494. The van der Waals surface area contributed by atoms with Crippen molar-refractivity contribution in [1.82, 2.24) is 5.32 Å². The maximum atomic E-state index is 13.3. The minimum atomic E-state index is -0.494. The summed E-state index contributed by atoms with van der Waals surface area (Å²) >= 11 is 0. The average molecular weight is 248 g/mol. The van der Waals surface area contributed by atoms with Crippen molar-refractivity contribution in [3.05, 3.63) is 29.6 Å². The number of benzene rings is 1. The summed E-state index contributed by atoms with van der Waals surface area (Å²) in [6, 6.07) is 4.22. The number of para-hydroxylation sites is 1. The monoisotopic (exact) mass is 247 g/mol. The molecule has 6 heteroatoms. The van der Waals surface area contributed by atoms with Gasteiger partial charge in [0, 0.05) is 5.56 Å². The lowest BCUT2D eigenvalue weighted by molar-refractivity contribution is 0.176. The van der Waals surface area contributed by atoms with Crippen molar-refractivity contribution in [2.45, 2.75) is 6.04 Å². The van der Waals surface area contributed by atoms with E-state index < -0.39 is 11.9 Å². The Balaban J connectivity index is 0.00000128. The van der Waals surface area contributed by atoms with Crippen LogP contribution in [0.15, 0.2) is 18.2 Å². The van der Waals surface area contributed by atoms with Gasteiger partial charge in [-0.3, -0.25) is 0 Å². The van der Waals surface area contributed by atoms with Crippen LogP contribution < -0.4 is 10.1 Å². The molecule has 1 atom stereocenters. The van der Waals surface area contributed by atoms with Crippen molar-refractivity contribution in [1.29, 1.82) is 0 Å². The summed E-state index contributed by atoms with van der Waals surface area (Å²) in [6.45, 7) is 0.193. The first-order valence-corrected chi connectivity index (χ1v) is 4.48. The molecule has 1 heterocycles. The number of amides is 1. The third kappa shape index (κ3) is 2.19. The standard InChI is InChI=1S/C10H10FNO3.ClH/c1-14-9-6(3-2-4-7(9)11)8-5-15-10(13)12-8;/h2-4,8H,5H2,1H3,(H,12,13);1H/t8-;/m1./s1. The summed E-state index contributed by atoms with van der Waals surface area (Å²) in [5.74, 6) is -0.301. The van der Waals surface area contributed by atoms with Crippen LogP contribution in [0.4, 0.5) is 9.18 Å². The van der Waals surface area contributed by atoms with E-state index in [0.29, 0.717) is 5.56 Å². The maximum Gasteiger partial charge on any atom is 0.407 e. The Bertz CT molecular complexity index is 400. The van der Waals surface area contributed by atoms with Crippen molar-refractivity contribution in [2.75, 3.05) is 13.7 Å². The van der Waals surface area contributed by atoms with E-state index in [1.165, 1.54) is 13.2 Å². The normalized spacial score (nSPS) is 18.4. The molecule has 0 spiro atoms. The fourth-order valence-corrected chi connectivity index (χ4v) is 1.57. The van der Waals surface area contributed by atoms with Gasteiger partial charge < -0.3 is 14.8 Å². The second kappa shape index (κ2) is 5.03. The molecule has 0 saturated carbocycles. The Morgan fingerprint density at radius 2 is 2.31 bits per heavy atom. The van der Waals surface area contributed by atoms with Crippen molar-refractivity contribution >= 4 is 18.5 Å². The van der Waals surface area contributed by atoms with Crippen LogP contribution in [-0.2, 0) is 4.74 Å². The Morgan fingerprint density at radius 1 is 1.56 bits per heavy atom. The molecule has 1 fully saturated rings. The summed E-state index contributed by atoms with van der Waals surface area (Å²) in [5, 5.41) is 2.56. The van der Waals surface area contributed by atoms with E-state index >= 15 is 0 Å². The Labute approximate surface area is 98.1 Å². The minimum Gasteiger partial charge on any atom is -0.493 e. The third-order valence-electron chi connectivity index (χ3n) is 2.25. The smallest absolute Gasteiger partial charge is 0.407 e. The van der Waals surface area contributed by atoms with Gasteiger partial charge in [-0.25, -0.2) is 9.18 Å². The molecule has 2 rings (SSSR count). The maximum absolute atomic E-state index is 13.3. The van der Waals surface area contributed by atoms with E-state index in [0.717, 1.165) is 0 Å². The van der Waals surface area contributed by atoms with Crippen molar-refractivity contribution in [3.8, 4) is 5.75 Å². The largest absolute Gasteiger partial charge is 0.493 e. The number of hydrogen-bond acceptors (Lipinski definition) is 3. The van der Waals surface area contributed by atoms with Gasteiger partial charge in [0.1, 0.15) is 6.61 Å². The number of carbonyl (C=O) groups is 1. The van der Waals surface area contributed by atoms with Gasteiger partial charge in [-0.1, -0.05) is 12.1 Å². The number of cyclic esters (lactones) is 1. The number of carbonyl (C=O) groups excluding carboxylic acids is 1. The van der Waals surface area contributed by atoms with E-state index in [9.17, 15) is 9.18 Å². The van der Waals surface area contributed by atoms with E-state index in [1.54, 1.807) is 12.1 Å². The first-order chi connectivity index (χ1) is 7.22. The van der Waals surface area contributed by atoms with Gasteiger partial charge in [0.05, 0.1) is 13.2 Å². The Kier molecular flexibility index (Phi) is 3.95. The number of nitrogens with one attached hydrogen (secondary N) is 1. The molecular formula is C10H11ClFNO3. The summed E-state index contributed by atoms with van der Waals surface area (Å²) in [4.78, 5) is 10.8. The first kappa shape index (κ1) is 12.6. The lowest BCUT2D eigenvalue weighted by Crippen LogP contribution is -2.19. The molecule has 1 saturated heterocycles. The predicted molar refractivity (Wildman–Crippen MR) is 57.4 cm³/mol. The van der Waals surface area contributed by atoms with Crippen LogP contribution in [0.3, 0.4) is 0 Å². The van der Waals surface area contributed by atoms with Gasteiger partial charge in [-0.05, 0) is 6.07 Å². The molecule has 1 aromatic carbocycles. The molecule has 1 N–H and O–H groups in total. The van der Waals surface area contributed by atoms with Gasteiger partial charge in [-0.2, -0.15) is 0 Å². The van der Waals surface area contributed by atoms with Crippen molar-refractivity contribution in [2.24, 2.45) is 0 Å². The molecule has 1 aliphatic heterocycles. The van der Waals surface area contributed by atoms with E-state index in [-0.39, 0.29) is 30.8 Å². The van der Waals surface area contributed by atoms with Crippen LogP contribution in [0, 0.1) is 5.82 Å². The van der Waals surface area contributed by atoms with Gasteiger partial charge in [0.15, 0.2) is 11.6 Å². The summed E-state index contributed by atoms with van der Waals surface area (Å²) in [5.41, 5.74) is 0.586. The zero-order chi connectivity index (χ0) is 10.8. The summed E-state index contributed by atoms with van der Waals surface area (Å²) < 4.78 is 23.0. The van der Waals surface area contributed by atoms with Crippen LogP contribution in [0.2, 0.25) is 0 Å². The molecule has 0 aliphatic carbocycles. The predicted octanol–water partition coefficient (Wildman–Crippen LogP) is 2.04. The molecule has 4 nitrogen and oxygen atoms in total. The molecule has 88 valence electrons. The fraction of sp³-hybridized carbons (Fsp3) is 0.300. The molecule has 1 aromatic rings. The zero-order valence-corrected chi connectivity index (χ0v) is 9.34. The SMILES string of the molecule is COc1c(F)cccc1[C@H]1COC(=O)N1.Cl. The Morgan fingerprint density at radius 3 is 2.88 bits per heavy atom. The lowest BCUT2D eigenvalue weighted by Gasteiger charge is -2.12. The molecule has 0 aromatic heterocycles. The van der Waals surface area contributed by atoms with Crippen LogP contribution in [0.5, 0.6) is 5.75 Å². The number of rotatable bonds is 2. The number of methoxy groups -OCH3 is 1. The molecule has 1 amide bonds. The van der Waals surface area contributed by atoms with E-state index in [2.05, 4.69) is 5.32 Å². The zero-order valence-electron chi connectivity index (χ0n) is 8.53. The van der Waals surface area contributed by atoms with Crippen LogP contribution in [0.25, 0.3) is 0 Å². The average Bonchev–Trinajstić information content (AvgIpc) is 2.64. The topological polar surface area (TPSA) is 47.6 Å². The van der Waals surface area contributed by atoms with Crippen LogP contribution in [-0.4, -0.2) is 19.8 Å². The molecule has 0 radical (unpaired) electrons. The molecule has 1 aliphatic rings. The van der Waals surface area contributed by atoms with Crippen LogP contribution >= 0.6 is 12.4 Å². The summed E-state index contributed by atoms with van der Waals surface area (Å²) in [7, 11) is 1.39. The first-order valence-electron chi connectivity index (χ1n) is 4.48. The minimum absolute atomic E-state index is 0. The lowest BCUT2D eigenvalue weighted by atomic mass is 10.1. The van der Waals surface area contributed by atoms with E-state index in [1.807, 2.05) is 0 Å². The quantitative estimate of drug-likeness (QED) is 0.870. The molecule has 0 bridgehead atoms. The highest BCUT2D eigenvalue weighted by molar-refractivity contribution is 5.85.